The Labute approximate surface area is 122 Å². The first-order chi connectivity index (χ1) is 9.55. The van der Waals surface area contributed by atoms with Crippen molar-refractivity contribution in [3.8, 4) is 0 Å². The van der Waals surface area contributed by atoms with Crippen LogP contribution in [-0.2, 0) is 6.42 Å². The monoisotopic (exact) mass is 268 g/mol. The van der Waals surface area contributed by atoms with Crippen molar-refractivity contribution in [1.82, 2.24) is 5.32 Å². The molecule has 1 aromatic carbocycles. The zero-order valence-corrected chi connectivity index (χ0v) is 12.7. The van der Waals surface area contributed by atoms with Crippen molar-refractivity contribution in [2.75, 3.05) is 13.1 Å². The molecule has 0 radical (unpaired) electrons. The van der Waals surface area contributed by atoms with E-state index in [1.165, 1.54) is 22.5 Å². The molecule has 1 aliphatic heterocycles. The Morgan fingerprint density at radius 3 is 2.75 bits per heavy atom. The predicted molar refractivity (Wildman–Crippen MR) is 86.0 cm³/mol. The van der Waals surface area contributed by atoms with E-state index in [4.69, 9.17) is 4.99 Å². The number of fused-ring (bicyclic) bond motifs is 1. The number of amidine groups is 1. The van der Waals surface area contributed by atoms with Gasteiger partial charge in [0.15, 0.2) is 0 Å². The lowest BCUT2D eigenvalue weighted by Gasteiger charge is -2.32. The number of hydrogen-bond donors (Lipinski definition) is 1. The third-order valence-electron chi connectivity index (χ3n) is 4.47. The summed E-state index contributed by atoms with van der Waals surface area (Å²) in [6, 6.07) is 8.73. The van der Waals surface area contributed by atoms with Gasteiger partial charge in [-0.1, -0.05) is 56.7 Å². The summed E-state index contributed by atoms with van der Waals surface area (Å²) in [6.45, 7) is 8.77. The molecule has 0 bridgehead atoms. The predicted octanol–water partition coefficient (Wildman–Crippen LogP) is 3.68. The summed E-state index contributed by atoms with van der Waals surface area (Å²) in [5.74, 6) is 1.59. The van der Waals surface area contributed by atoms with Gasteiger partial charge in [0.05, 0.1) is 0 Å². The second-order valence-electron chi connectivity index (χ2n) is 6.86. The maximum atomic E-state index is 4.78. The van der Waals surface area contributed by atoms with Crippen LogP contribution in [-0.4, -0.2) is 18.9 Å². The molecule has 0 saturated carbocycles. The highest BCUT2D eigenvalue weighted by molar-refractivity contribution is 5.88. The first kappa shape index (κ1) is 13.4. The Kier molecular flexibility index (Phi) is 3.41. The molecule has 2 aliphatic rings. The van der Waals surface area contributed by atoms with Crippen LogP contribution in [0, 0.1) is 11.3 Å². The lowest BCUT2D eigenvalue weighted by molar-refractivity contribution is 0.357. The molecule has 1 unspecified atom stereocenters. The van der Waals surface area contributed by atoms with Crippen molar-refractivity contribution in [3.63, 3.8) is 0 Å². The van der Waals surface area contributed by atoms with Crippen LogP contribution in [0.3, 0.4) is 0 Å². The van der Waals surface area contributed by atoms with Crippen LogP contribution < -0.4 is 5.32 Å². The summed E-state index contributed by atoms with van der Waals surface area (Å²) >= 11 is 0. The van der Waals surface area contributed by atoms with E-state index in [0.29, 0.717) is 5.92 Å². The number of hydrogen-bond acceptors (Lipinski definition) is 2. The third kappa shape index (κ3) is 2.65. The van der Waals surface area contributed by atoms with Crippen molar-refractivity contribution in [3.05, 3.63) is 41.0 Å². The minimum Gasteiger partial charge on any atom is -0.373 e. The molecule has 0 spiro atoms. The van der Waals surface area contributed by atoms with Gasteiger partial charge in [-0.3, -0.25) is 4.99 Å². The number of benzene rings is 1. The number of rotatable bonds is 2. The van der Waals surface area contributed by atoms with E-state index in [-0.39, 0.29) is 5.41 Å². The van der Waals surface area contributed by atoms with Crippen LogP contribution in [0.1, 0.15) is 38.3 Å². The summed E-state index contributed by atoms with van der Waals surface area (Å²) < 4.78 is 0. The molecule has 20 heavy (non-hydrogen) atoms. The molecular weight excluding hydrogens is 244 g/mol. The van der Waals surface area contributed by atoms with Gasteiger partial charge in [-0.25, -0.2) is 0 Å². The van der Waals surface area contributed by atoms with Gasteiger partial charge < -0.3 is 5.32 Å². The van der Waals surface area contributed by atoms with Crippen LogP contribution in [0.25, 0.3) is 6.08 Å². The van der Waals surface area contributed by atoms with Gasteiger partial charge >= 0.3 is 0 Å². The molecule has 3 rings (SSSR count). The maximum absolute atomic E-state index is 4.78. The standard InChI is InChI=1S/C18H24N2/c1-13(17-19-11-18(2,3)12-20-17)15-9-8-14-6-4-5-7-16(14)10-15/h4-7,10,13H,8-9,11-12H2,1-3H3,(H,19,20). The van der Waals surface area contributed by atoms with Crippen LogP contribution >= 0.6 is 0 Å². The van der Waals surface area contributed by atoms with Gasteiger partial charge in [0.2, 0.25) is 0 Å². The van der Waals surface area contributed by atoms with Gasteiger partial charge in [-0.05, 0) is 24.0 Å². The summed E-state index contributed by atoms with van der Waals surface area (Å²) in [4.78, 5) is 4.78. The van der Waals surface area contributed by atoms with E-state index < -0.39 is 0 Å². The highest BCUT2D eigenvalue weighted by atomic mass is 15.0. The van der Waals surface area contributed by atoms with E-state index >= 15 is 0 Å². The molecule has 2 heteroatoms. The zero-order valence-electron chi connectivity index (χ0n) is 12.7. The molecule has 1 aliphatic carbocycles. The lowest BCUT2D eigenvalue weighted by Crippen LogP contribution is -2.43. The normalized spacial score (nSPS) is 22.1. The Hall–Kier alpha value is -1.57. The summed E-state index contributed by atoms with van der Waals surface area (Å²) in [6.07, 6.45) is 4.68. The van der Waals surface area contributed by atoms with Gasteiger partial charge in [0.25, 0.3) is 0 Å². The molecule has 0 fully saturated rings. The summed E-state index contributed by atoms with van der Waals surface area (Å²) in [5, 5.41) is 3.54. The number of nitrogens with one attached hydrogen (secondary N) is 1. The fourth-order valence-electron chi connectivity index (χ4n) is 3.00. The van der Waals surface area contributed by atoms with E-state index in [2.05, 4.69) is 56.4 Å². The molecule has 1 atom stereocenters. The average Bonchev–Trinajstić information content (AvgIpc) is 2.46. The minimum absolute atomic E-state index is 0.288. The highest BCUT2D eigenvalue weighted by Gasteiger charge is 2.26. The topological polar surface area (TPSA) is 24.4 Å². The lowest BCUT2D eigenvalue weighted by atomic mass is 9.84. The molecular formula is C18H24N2. The van der Waals surface area contributed by atoms with Crippen molar-refractivity contribution < 1.29 is 0 Å². The molecule has 0 aromatic heterocycles. The Balaban J connectivity index is 1.81. The quantitative estimate of drug-likeness (QED) is 0.869. The minimum atomic E-state index is 0.288. The van der Waals surface area contributed by atoms with Crippen molar-refractivity contribution in [2.24, 2.45) is 16.3 Å². The first-order valence-electron chi connectivity index (χ1n) is 7.62. The second kappa shape index (κ2) is 5.08. The number of nitrogens with zero attached hydrogens (tertiary/aromatic N) is 1. The summed E-state index contributed by atoms with van der Waals surface area (Å²) in [5.41, 5.74) is 4.66. The van der Waals surface area contributed by atoms with Gasteiger partial charge in [0.1, 0.15) is 5.84 Å². The van der Waals surface area contributed by atoms with Crippen molar-refractivity contribution >= 4 is 11.9 Å². The van der Waals surface area contributed by atoms with Crippen LogP contribution in [0.15, 0.2) is 34.8 Å². The molecule has 1 aromatic rings. The Morgan fingerprint density at radius 1 is 1.20 bits per heavy atom. The highest BCUT2D eigenvalue weighted by Crippen LogP contribution is 2.29. The SMILES string of the molecule is CC(C1=Cc2ccccc2CC1)C1=NCC(C)(C)CN1. The largest absolute Gasteiger partial charge is 0.373 e. The molecule has 106 valence electrons. The smallest absolute Gasteiger partial charge is 0.103 e. The van der Waals surface area contributed by atoms with Crippen LogP contribution in [0.2, 0.25) is 0 Å². The van der Waals surface area contributed by atoms with Gasteiger partial charge in [0, 0.05) is 24.4 Å². The van der Waals surface area contributed by atoms with Crippen LogP contribution in [0.4, 0.5) is 0 Å². The fraction of sp³-hybridized carbons (Fsp3) is 0.500. The molecule has 1 N–H and O–H groups in total. The van der Waals surface area contributed by atoms with Gasteiger partial charge in [-0.15, -0.1) is 0 Å². The number of aliphatic imine (C=N–C) groups is 1. The van der Waals surface area contributed by atoms with Crippen LogP contribution in [0.5, 0.6) is 0 Å². The average molecular weight is 268 g/mol. The van der Waals surface area contributed by atoms with Gasteiger partial charge in [-0.2, -0.15) is 0 Å². The Morgan fingerprint density at radius 2 is 2.00 bits per heavy atom. The Bertz CT molecular complexity index is 567. The zero-order chi connectivity index (χ0) is 14.2. The van der Waals surface area contributed by atoms with E-state index in [9.17, 15) is 0 Å². The molecule has 2 nitrogen and oxygen atoms in total. The van der Waals surface area contributed by atoms with E-state index in [1.807, 2.05) is 0 Å². The fourth-order valence-corrected chi connectivity index (χ4v) is 3.00. The second-order valence-corrected chi connectivity index (χ2v) is 6.86. The molecule has 0 amide bonds. The number of aryl methyl sites for hydroxylation is 1. The van der Waals surface area contributed by atoms with E-state index in [0.717, 1.165) is 25.9 Å². The summed E-state index contributed by atoms with van der Waals surface area (Å²) in [7, 11) is 0. The first-order valence-corrected chi connectivity index (χ1v) is 7.62. The molecule has 0 saturated heterocycles. The van der Waals surface area contributed by atoms with Crippen molar-refractivity contribution in [2.45, 2.75) is 33.6 Å². The molecule has 1 heterocycles. The maximum Gasteiger partial charge on any atom is 0.103 e. The van der Waals surface area contributed by atoms with E-state index in [1.54, 1.807) is 0 Å². The van der Waals surface area contributed by atoms with Crippen molar-refractivity contribution in [1.29, 1.82) is 0 Å². The third-order valence-corrected chi connectivity index (χ3v) is 4.47.